The number of hydrogen-bond donors (Lipinski definition) is 2. The van der Waals surface area contributed by atoms with Gasteiger partial charge in [0.05, 0.1) is 17.9 Å². The summed E-state index contributed by atoms with van der Waals surface area (Å²) in [5, 5.41) is 22.0. The molecule has 2 aliphatic rings. The molecule has 1 aliphatic carbocycles. The fourth-order valence-electron chi connectivity index (χ4n) is 5.11. The number of aromatic nitrogens is 2. The fraction of sp³-hybridized carbons (Fsp3) is 0.607. The molecule has 2 fully saturated rings. The van der Waals surface area contributed by atoms with Crippen LogP contribution in [0.25, 0.3) is 11.1 Å². The summed E-state index contributed by atoms with van der Waals surface area (Å²) in [6, 6.07) is 10.0. The first kappa shape index (κ1) is 31.3. The van der Waals surface area contributed by atoms with Gasteiger partial charge in [0.25, 0.3) is 5.91 Å². The molecule has 1 saturated carbocycles. The first-order valence-corrected chi connectivity index (χ1v) is 13.3. The lowest BCUT2D eigenvalue weighted by Gasteiger charge is -2.33. The van der Waals surface area contributed by atoms with Gasteiger partial charge < -0.3 is 20.1 Å². The van der Waals surface area contributed by atoms with Crippen molar-refractivity contribution in [3.8, 4) is 16.9 Å². The molecule has 9 heteroatoms. The van der Waals surface area contributed by atoms with Crippen molar-refractivity contribution in [1.82, 2.24) is 20.4 Å². The van der Waals surface area contributed by atoms with Crippen LogP contribution < -0.4 is 10.1 Å². The molecule has 37 heavy (non-hydrogen) atoms. The van der Waals surface area contributed by atoms with Crippen molar-refractivity contribution in [2.24, 2.45) is 5.92 Å². The summed E-state index contributed by atoms with van der Waals surface area (Å²) < 4.78 is 6.19. The minimum Gasteiger partial charge on any atom is -0.490 e. The zero-order valence-electron chi connectivity index (χ0n) is 22.0. The predicted molar refractivity (Wildman–Crippen MR) is 152 cm³/mol. The van der Waals surface area contributed by atoms with Gasteiger partial charge in [0.15, 0.2) is 5.69 Å². The number of carbonyl (C=O) groups is 1. The number of nitrogens with one attached hydrogen (secondary N) is 1. The molecule has 1 amide bonds. The molecule has 1 aliphatic heterocycles. The predicted octanol–water partition coefficient (Wildman–Crippen LogP) is 5.08. The number of halogens is 2. The highest BCUT2D eigenvalue weighted by Crippen LogP contribution is 2.28. The van der Waals surface area contributed by atoms with Gasteiger partial charge in [-0.2, -0.15) is 5.10 Å². The van der Waals surface area contributed by atoms with Gasteiger partial charge in [-0.05, 0) is 75.8 Å². The Labute approximate surface area is 233 Å². The number of aliphatic hydroxyl groups excluding tert-OH is 1. The molecule has 1 aromatic carbocycles. The Bertz CT molecular complexity index is 970. The van der Waals surface area contributed by atoms with E-state index in [-0.39, 0.29) is 42.7 Å². The largest absolute Gasteiger partial charge is 0.490 e. The molecule has 2 heterocycles. The molecule has 2 unspecified atom stereocenters. The summed E-state index contributed by atoms with van der Waals surface area (Å²) in [6.45, 7) is 4.23. The minimum atomic E-state index is -0.390. The van der Waals surface area contributed by atoms with E-state index in [2.05, 4.69) is 39.5 Å². The van der Waals surface area contributed by atoms with Crippen LogP contribution in [0.5, 0.6) is 5.75 Å². The number of aliphatic hydroxyl groups is 1. The van der Waals surface area contributed by atoms with Crippen molar-refractivity contribution in [3.63, 3.8) is 0 Å². The van der Waals surface area contributed by atoms with Crippen LogP contribution in [0.3, 0.4) is 0 Å². The molecule has 2 N–H and O–H groups in total. The van der Waals surface area contributed by atoms with Gasteiger partial charge in [-0.1, -0.05) is 31.9 Å². The van der Waals surface area contributed by atoms with Crippen molar-refractivity contribution in [1.29, 1.82) is 0 Å². The number of aryl methyl sites for hydroxylation is 1. The Morgan fingerprint density at radius 2 is 1.84 bits per heavy atom. The van der Waals surface area contributed by atoms with E-state index in [0.29, 0.717) is 18.3 Å². The Morgan fingerprint density at radius 3 is 2.54 bits per heavy atom. The number of rotatable bonds is 9. The maximum atomic E-state index is 12.9. The zero-order valence-corrected chi connectivity index (χ0v) is 23.7. The summed E-state index contributed by atoms with van der Waals surface area (Å²) in [5.74, 6) is 0.663. The number of benzene rings is 1. The maximum absolute atomic E-state index is 12.9. The summed E-state index contributed by atoms with van der Waals surface area (Å²) >= 11 is 0. The molecule has 0 spiro atoms. The average molecular weight is 554 g/mol. The Balaban J connectivity index is 0.00000241. The molecule has 0 bridgehead atoms. The number of ether oxygens (including phenoxy) is 1. The third-order valence-corrected chi connectivity index (χ3v) is 7.31. The van der Waals surface area contributed by atoms with Crippen LogP contribution in [0.15, 0.2) is 30.3 Å². The number of unbranched alkanes of at least 4 members (excludes halogenated alkanes) is 1. The van der Waals surface area contributed by atoms with Crippen LogP contribution in [-0.2, 0) is 6.42 Å². The maximum Gasteiger partial charge on any atom is 0.271 e. The van der Waals surface area contributed by atoms with Crippen molar-refractivity contribution >= 4 is 30.7 Å². The summed E-state index contributed by atoms with van der Waals surface area (Å²) in [4.78, 5) is 15.1. The Morgan fingerprint density at radius 1 is 1.11 bits per heavy atom. The van der Waals surface area contributed by atoms with Gasteiger partial charge in [-0.25, -0.2) is 0 Å². The van der Waals surface area contributed by atoms with Gasteiger partial charge in [0.1, 0.15) is 5.75 Å². The van der Waals surface area contributed by atoms with Gasteiger partial charge in [0.2, 0.25) is 0 Å². The number of nitrogens with zero attached hydrogens (tertiary/aromatic N) is 3. The molecule has 2 atom stereocenters. The number of amides is 1. The van der Waals surface area contributed by atoms with Crippen molar-refractivity contribution in [2.75, 3.05) is 26.7 Å². The van der Waals surface area contributed by atoms with E-state index < -0.39 is 0 Å². The molecule has 4 rings (SSSR count). The summed E-state index contributed by atoms with van der Waals surface area (Å²) in [5.41, 5.74) is 3.18. The highest BCUT2D eigenvalue weighted by atomic mass is 35.5. The number of piperidine rings is 1. The lowest BCUT2D eigenvalue weighted by atomic mass is 9.95. The van der Waals surface area contributed by atoms with E-state index in [4.69, 9.17) is 4.74 Å². The van der Waals surface area contributed by atoms with Crippen molar-refractivity contribution in [3.05, 3.63) is 41.7 Å². The number of likely N-dealkylation sites (tertiary alicyclic amines) is 1. The monoisotopic (exact) mass is 552 g/mol. The second-order valence-electron chi connectivity index (χ2n) is 10.2. The molecule has 1 saturated heterocycles. The van der Waals surface area contributed by atoms with Crippen LogP contribution in [0, 0.1) is 5.92 Å². The van der Waals surface area contributed by atoms with Crippen LogP contribution in [0.4, 0.5) is 0 Å². The number of hydrogen-bond acceptors (Lipinski definition) is 6. The van der Waals surface area contributed by atoms with Crippen LogP contribution >= 0.6 is 24.8 Å². The Kier molecular flexibility index (Phi) is 13.1. The highest BCUT2D eigenvalue weighted by Gasteiger charge is 2.26. The zero-order chi connectivity index (χ0) is 24.6. The summed E-state index contributed by atoms with van der Waals surface area (Å²) in [7, 11) is 2.04. The van der Waals surface area contributed by atoms with E-state index in [1.165, 1.54) is 19.3 Å². The molecule has 206 valence electrons. The van der Waals surface area contributed by atoms with Crippen LogP contribution in [-0.4, -0.2) is 65.0 Å². The van der Waals surface area contributed by atoms with E-state index >= 15 is 0 Å². The first-order valence-electron chi connectivity index (χ1n) is 13.3. The summed E-state index contributed by atoms with van der Waals surface area (Å²) in [6.07, 6.45) is 9.61. The average Bonchev–Trinajstić information content (AvgIpc) is 2.89. The normalized spacial score (nSPS) is 20.4. The smallest absolute Gasteiger partial charge is 0.271 e. The molecule has 2 aromatic rings. The third kappa shape index (κ3) is 8.81. The third-order valence-electron chi connectivity index (χ3n) is 7.31. The van der Waals surface area contributed by atoms with Gasteiger partial charge in [-0.3, -0.25) is 4.79 Å². The first-order chi connectivity index (χ1) is 17.0. The standard InChI is InChI=1S/C28H40N4O3.2ClH/c1-3-4-10-25-24(20-11-13-23(14-12-20)35-22-8-6-5-7-9-22)17-26(31-30-25)28(34)29-18-21-19-32(2)16-15-27(21)33;;/h11-14,17,21-22,27,33H,3-10,15-16,18-19H2,1-2H3,(H,29,34);2*1H. The second kappa shape index (κ2) is 15.5. The highest BCUT2D eigenvalue weighted by molar-refractivity contribution is 5.93. The fourth-order valence-corrected chi connectivity index (χ4v) is 5.11. The molecule has 7 nitrogen and oxygen atoms in total. The topological polar surface area (TPSA) is 87.6 Å². The second-order valence-corrected chi connectivity index (χ2v) is 10.2. The molecular formula is C28H42Cl2N4O3. The Hall–Kier alpha value is -1.93. The van der Waals surface area contributed by atoms with E-state index in [9.17, 15) is 9.90 Å². The minimum absolute atomic E-state index is 0. The van der Waals surface area contributed by atoms with Gasteiger partial charge in [-0.15, -0.1) is 29.9 Å². The SMILES string of the molecule is CCCCc1nnc(C(=O)NCC2CN(C)CCC2O)cc1-c1ccc(OC2CCCCC2)cc1.Cl.Cl. The van der Waals surface area contributed by atoms with Crippen molar-refractivity contribution in [2.45, 2.75) is 76.9 Å². The van der Waals surface area contributed by atoms with E-state index in [0.717, 1.165) is 74.2 Å². The van der Waals surface area contributed by atoms with Crippen molar-refractivity contribution < 1.29 is 14.6 Å². The molecule has 1 aromatic heterocycles. The lowest BCUT2D eigenvalue weighted by Crippen LogP contribution is -2.46. The lowest BCUT2D eigenvalue weighted by molar-refractivity contribution is 0.0361. The van der Waals surface area contributed by atoms with Gasteiger partial charge >= 0.3 is 0 Å². The molecular weight excluding hydrogens is 511 g/mol. The molecule has 0 radical (unpaired) electrons. The van der Waals surface area contributed by atoms with Gasteiger partial charge in [0, 0.05) is 31.1 Å². The number of carbonyl (C=O) groups excluding carboxylic acids is 1. The van der Waals surface area contributed by atoms with Crippen LogP contribution in [0.2, 0.25) is 0 Å². The quantitative estimate of drug-likeness (QED) is 0.450. The van der Waals surface area contributed by atoms with Crippen LogP contribution in [0.1, 0.15) is 74.5 Å². The van der Waals surface area contributed by atoms with E-state index in [1.54, 1.807) is 0 Å². The van der Waals surface area contributed by atoms with E-state index in [1.807, 2.05) is 25.2 Å².